The van der Waals surface area contributed by atoms with Gasteiger partial charge >= 0.3 is 0 Å². The highest BCUT2D eigenvalue weighted by Gasteiger charge is 2.15. The number of nitrogens with zero attached hydrogens (tertiary/aromatic N) is 2. The van der Waals surface area contributed by atoms with E-state index in [0.29, 0.717) is 22.3 Å². The van der Waals surface area contributed by atoms with Gasteiger partial charge in [0.15, 0.2) is 0 Å². The Morgan fingerprint density at radius 2 is 1.81 bits per heavy atom. The van der Waals surface area contributed by atoms with Crippen molar-refractivity contribution in [3.63, 3.8) is 0 Å². The summed E-state index contributed by atoms with van der Waals surface area (Å²) >= 11 is 3.36. The number of pyridine rings is 1. The molecule has 0 aliphatic rings. The van der Waals surface area contributed by atoms with Crippen LogP contribution < -0.4 is 4.74 Å². The molecule has 0 saturated heterocycles. The maximum atomic E-state index is 11.1. The Balaban J connectivity index is 2.09. The number of aromatic nitrogens is 1. The van der Waals surface area contributed by atoms with Gasteiger partial charge in [0.2, 0.25) is 0 Å². The zero-order valence-electron chi connectivity index (χ0n) is 10.7. The van der Waals surface area contributed by atoms with Crippen LogP contribution in [0.2, 0.25) is 0 Å². The summed E-state index contributed by atoms with van der Waals surface area (Å²) in [4.78, 5) is 14.7. The Labute approximate surface area is 128 Å². The van der Waals surface area contributed by atoms with Gasteiger partial charge in [-0.15, -0.1) is 0 Å². The van der Waals surface area contributed by atoms with Gasteiger partial charge in [0.25, 0.3) is 5.69 Å². The van der Waals surface area contributed by atoms with Crippen LogP contribution in [0.1, 0.15) is 0 Å². The maximum absolute atomic E-state index is 11.1. The lowest BCUT2D eigenvalue weighted by molar-refractivity contribution is -0.383. The summed E-state index contributed by atoms with van der Waals surface area (Å²) in [5.41, 5.74) is 0.0376. The van der Waals surface area contributed by atoms with Gasteiger partial charge in [-0.2, -0.15) is 0 Å². The van der Waals surface area contributed by atoms with Gasteiger partial charge in [-0.1, -0.05) is 15.9 Å². The van der Waals surface area contributed by atoms with Crippen molar-refractivity contribution < 1.29 is 9.66 Å². The van der Waals surface area contributed by atoms with E-state index in [2.05, 4.69) is 20.9 Å². The number of non-ortho nitro benzene ring substituents is 1. The second-order valence-corrected chi connectivity index (χ2v) is 5.23. The fraction of sp³-hybridized carbons (Fsp3) is 0. The first kappa shape index (κ1) is 13.5. The van der Waals surface area contributed by atoms with E-state index in [-0.39, 0.29) is 5.69 Å². The SMILES string of the molecule is O=[N+]([O-])c1ccc(Oc2ccc(Br)cc2)c2cnccc12. The highest BCUT2D eigenvalue weighted by Crippen LogP contribution is 2.34. The van der Waals surface area contributed by atoms with Crippen molar-refractivity contribution in [1.82, 2.24) is 4.98 Å². The number of halogens is 1. The zero-order chi connectivity index (χ0) is 14.8. The fourth-order valence-corrected chi connectivity index (χ4v) is 2.29. The van der Waals surface area contributed by atoms with Gasteiger partial charge in [-0.25, -0.2) is 0 Å². The Hall–Kier alpha value is -2.47. The van der Waals surface area contributed by atoms with Crippen molar-refractivity contribution in [2.45, 2.75) is 0 Å². The van der Waals surface area contributed by atoms with E-state index in [1.165, 1.54) is 12.3 Å². The average Bonchev–Trinajstić information content (AvgIpc) is 2.49. The molecule has 3 aromatic rings. The quantitative estimate of drug-likeness (QED) is 0.510. The van der Waals surface area contributed by atoms with Gasteiger partial charge in [0, 0.05) is 28.3 Å². The minimum atomic E-state index is -0.411. The average molecular weight is 345 g/mol. The van der Waals surface area contributed by atoms with Gasteiger partial charge in [-0.05, 0) is 36.4 Å². The summed E-state index contributed by atoms with van der Waals surface area (Å²) in [7, 11) is 0. The first-order chi connectivity index (χ1) is 10.1. The molecule has 0 aliphatic carbocycles. The van der Waals surface area contributed by atoms with Crippen LogP contribution >= 0.6 is 15.9 Å². The summed E-state index contributed by atoms with van der Waals surface area (Å²) in [6.45, 7) is 0. The molecule has 1 aromatic heterocycles. The van der Waals surface area contributed by atoms with Crippen molar-refractivity contribution in [1.29, 1.82) is 0 Å². The van der Waals surface area contributed by atoms with Gasteiger partial charge in [0.1, 0.15) is 11.5 Å². The lowest BCUT2D eigenvalue weighted by Gasteiger charge is -2.09. The first-order valence-electron chi connectivity index (χ1n) is 6.10. The van der Waals surface area contributed by atoms with Crippen molar-refractivity contribution >= 4 is 32.4 Å². The lowest BCUT2D eigenvalue weighted by Crippen LogP contribution is -1.92. The van der Waals surface area contributed by atoms with Crippen LogP contribution in [0, 0.1) is 10.1 Å². The fourth-order valence-electron chi connectivity index (χ4n) is 2.03. The smallest absolute Gasteiger partial charge is 0.277 e. The molecule has 0 atom stereocenters. The zero-order valence-corrected chi connectivity index (χ0v) is 12.3. The molecule has 0 saturated carbocycles. The second-order valence-electron chi connectivity index (χ2n) is 4.32. The summed E-state index contributed by atoms with van der Waals surface area (Å²) in [6.07, 6.45) is 3.09. The molecule has 1 heterocycles. The third kappa shape index (κ3) is 2.71. The summed E-state index contributed by atoms with van der Waals surface area (Å²) < 4.78 is 6.75. The van der Waals surface area contributed by atoms with E-state index >= 15 is 0 Å². The number of nitro benzene ring substituents is 1. The molecule has 5 nitrogen and oxygen atoms in total. The van der Waals surface area contributed by atoms with E-state index in [9.17, 15) is 10.1 Å². The molecule has 2 aromatic carbocycles. The number of nitro groups is 1. The van der Waals surface area contributed by atoms with Crippen LogP contribution in [-0.2, 0) is 0 Å². The maximum Gasteiger partial charge on any atom is 0.277 e. The van der Waals surface area contributed by atoms with Gasteiger partial charge < -0.3 is 4.74 Å². The van der Waals surface area contributed by atoms with Crippen molar-refractivity contribution in [3.8, 4) is 11.5 Å². The second kappa shape index (κ2) is 5.49. The van der Waals surface area contributed by atoms with Crippen LogP contribution in [0.4, 0.5) is 5.69 Å². The van der Waals surface area contributed by atoms with Crippen LogP contribution in [-0.4, -0.2) is 9.91 Å². The molecule has 0 bridgehead atoms. The van der Waals surface area contributed by atoms with Gasteiger partial charge in [-0.3, -0.25) is 15.1 Å². The Kier molecular flexibility index (Phi) is 3.53. The van der Waals surface area contributed by atoms with Crippen molar-refractivity contribution in [3.05, 3.63) is 69.4 Å². The Morgan fingerprint density at radius 3 is 2.52 bits per heavy atom. The Bertz CT molecular complexity index is 819. The number of hydrogen-bond acceptors (Lipinski definition) is 4. The number of rotatable bonds is 3. The number of fused-ring (bicyclic) bond motifs is 1. The Morgan fingerprint density at radius 1 is 1.05 bits per heavy atom. The molecule has 0 spiro atoms. The van der Waals surface area contributed by atoms with Crippen molar-refractivity contribution in [2.75, 3.05) is 0 Å². The lowest BCUT2D eigenvalue weighted by atomic mass is 10.1. The summed E-state index contributed by atoms with van der Waals surface area (Å²) in [5.74, 6) is 1.18. The largest absolute Gasteiger partial charge is 0.457 e. The topological polar surface area (TPSA) is 65.3 Å². The molecule has 0 unspecified atom stereocenters. The third-order valence-electron chi connectivity index (χ3n) is 2.99. The van der Waals surface area contributed by atoms with Crippen LogP contribution in [0.5, 0.6) is 11.5 Å². The molecule has 0 aliphatic heterocycles. The molecule has 3 rings (SSSR count). The van der Waals surface area contributed by atoms with E-state index in [4.69, 9.17) is 4.74 Å². The third-order valence-corrected chi connectivity index (χ3v) is 3.52. The monoisotopic (exact) mass is 344 g/mol. The predicted octanol–water partition coefficient (Wildman–Crippen LogP) is 4.70. The molecule has 0 N–H and O–H groups in total. The van der Waals surface area contributed by atoms with Crippen LogP contribution in [0.25, 0.3) is 10.8 Å². The highest BCUT2D eigenvalue weighted by molar-refractivity contribution is 9.10. The van der Waals surface area contributed by atoms with E-state index in [1.54, 1.807) is 18.3 Å². The van der Waals surface area contributed by atoms with Crippen LogP contribution in [0.3, 0.4) is 0 Å². The minimum absolute atomic E-state index is 0.0376. The summed E-state index contributed by atoms with van der Waals surface area (Å²) in [6, 6.07) is 12.0. The molecular formula is C15H9BrN2O3. The number of benzene rings is 2. The molecule has 6 heteroatoms. The van der Waals surface area contributed by atoms with E-state index in [0.717, 1.165) is 4.47 Å². The summed E-state index contributed by atoms with van der Waals surface area (Å²) in [5, 5.41) is 12.2. The molecule has 21 heavy (non-hydrogen) atoms. The van der Waals surface area contributed by atoms with Gasteiger partial charge in [0.05, 0.1) is 10.3 Å². The minimum Gasteiger partial charge on any atom is -0.457 e. The normalized spacial score (nSPS) is 10.5. The van der Waals surface area contributed by atoms with E-state index < -0.39 is 4.92 Å². The highest BCUT2D eigenvalue weighted by atomic mass is 79.9. The molecule has 0 radical (unpaired) electrons. The standard InChI is InChI=1S/C15H9BrN2O3/c16-10-1-3-11(4-2-10)21-15-6-5-14(18(19)20)12-7-8-17-9-13(12)15/h1-9H. The predicted molar refractivity (Wildman–Crippen MR) is 82.6 cm³/mol. The number of hydrogen-bond donors (Lipinski definition) is 0. The number of ether oxygens (including phenoxy) is 1. The van der Waals surface area contributed by atoms with Crippen LogP contribution in [0.15, 0.2) is 59.3 Å². The molecule has 0 amide bonds. The first-order valence-corrected chi connectivity index (χ1v) is 6.89. The molecule has 104 valence electrons. The molecular weight excluding hydrogens is 336 g/mol. The van der Waals surface area contributed by atoms with Crippen molar-refractivity contribution in [2.24, 2.45) is 0 Å². The van der Waals surface area contributed by atoms with E-state index in [1.807, 2.05) is 24.3 Å². The molecule has 0 fully saturated rings.